The minimum atomic E-state index is -2.42. The van der Waals surface area contributed by atoms with Crippen molar-refractivity contribution in [3.05, 3.63) is 95.2 Å². The number of cyclic esters (lactones) is 2. The van der Waals surface area contributed by atoms with E-state index in [1.54, 1.807) is 75.2 Å². The molecular formula is C108H171ClN4O27. The van der Waals surface area contributed by atoms with Crippen molar-refractivity contribution in [3.63, 3.8) is 0 Å². The topological polar surface area (TPSA) is 437 Å². The van der Waals surface area contributed by atoms with Crippen LogP contribution in [0.15, 0.2) is 100 Å². The van der Waals surface area contributed by atoms with Gasteiger partial charge in [-0.15, -0.1) is 25.3 Å². The molecule has 792 valence electrons. The smallest absolute Gasteiger partial charge is 0.329 e. The Morgan fingerprint density at radius 3 is 1.24 bits per heavy atom. The summed E-state index contributed by atoms with van der Waals surface area (Å²) in [7, 11) is 9.22. The lowest BCUT2D eigenvalue weighted by Crippen LogP contribution is -2.61. The van der Waals surface area contributed by atoms with E-state index in [0.717, 1.165) is 24.0 Å². The van der Waals surface area contributed by atoms with Crippen LogP contribution in [0, 0.1) is 95.7 Å². The summed E-state index contributed by atoms with van der Waals surface area (Å²) in [5.41, 5.74) is 3.22. The van der Waals surface area contributed by atoms with Crippen LogP contribution in [0.3, 0.4) is 0 Å². The summed E-state index contributed by atoms with van der Waals surface area (Å²) in [5.74, 6) is -4.92. The first-order chi connectivity index (χ1) is 66.0. The molecule has 4 saturated heterocycles. The summed E-state index contributed by atoms with van der Waals surface area (Å²) in [6, 6.07) is -2.22. The van der Waals surface area contributed by atoms with Gasteiger partial charge in [-0.3, -0.25) is 28.8 Å². The molecule has 10 N–H and O–H groups in total. The van der Waals surface area contributed by atoms with Gasteiger partial charge in [-0.05, 0) is 214 Å². The van der Waals surface area contributed by atoms with Crippen molar-refractivity contribution in [2.45, 2.75) is 372 Å². The normalized spacial score (nSPS) is 39.3. The second-order valence-corrected chi connectivity index (χ2v) is 40.7. The van der Waals surface area contributed by atoms with Gasteiger partial charge in [-0.2, -0.15) is 0 Å². The SMILES string of the molecule is C#CCON.C#CCON=C1[C@H](C)C[C@H](C)/C=C/C=C/C=C(\C)[C@@H](OC)C[C@@H]2CC[C@@H](C)[C@@](O)(O2)C(=O)C(=O)N2CCCC[C@H]2C(=O)O[C@H]([C@H](C)C[C@@H]2CC[C@@H](O)[C@H](OC)C2)C[C@@H](O)[C@H](C)/C=C(\C)[C@@H](O)[C@H]1OC.CO[C@H]1C[C@@H]2CC[C@@H](C)[C@@](O)(O2)C(=O)C(=O)N2CCCC[C@H]2C(=O)O[C@H]([C@H](C)C[C@@H]2CC[C@@H](O)[C@H](OC)C2)C[C@@H](O)[C@H](C)/C=C(\C)[C@@H](O)[C@@H](OC)C(=O)[C@H](C)C[C@H](C)/C=C/C=C/C=C/1C.Cl. The number of piperidine rings is 2. The van der Waals surface area contributed by atoms with Crippen LogP contribution in [0.1, 0.15) is 251 Å². The number of hydrogen-bond donors (Lipinski definition) is 9. The molecule has 2 aliphatic carbocycles. The van der Waals surface area contributed by atoms with E-state index in [4.69, 9.17) is 58.6 Å². The fourth-order valence-corrected chi connectivity index (χ4v) is 20.9. The van der Waals surface area contributed by atoms with Gasteiger partial charge in [-0.1, -0.05) is 159 Å². The third-order valence-corrected chi connectivity index (χ3v) is 29.8. The number of Topliss-reactive ketones (excluding diaryl/α,β-unsaturated/α-hetero) is 3. The number of allylic oxidation sites excluding steroid dienone is 10. The van der Waals surface area contributed by atoms with Crippen LogP contribution >= 0.6 is 12.4 Å². The summed E-state index contributed by atoms with van der Waals surface area (Å²) in [6.07, 6.45) is 32.6. The van der Waals surface area contributed by atoms with Gasteiger partial charge >= 0.3 is 11.9 Å². The van der Waals surface area contributed by atoms with Crippen LogP contribution in [0.4, 0.5) is 0 Å². The number of oxime groups is 1. The fourth-order valence-electron chi connectivity index (χ4n) is 20.9. The molecule has 0 unspecified atom stereocenters. The minimum Gasteiger partial charge on any atom is -0.460 e. The number of aliphatic hydroxyl groups is 8. The average Bonchev–Trinajstić information content (AvgIpc) is 0.772. The monoisotopic (exact) mass is 1990 g/mol. The van der Waals surface area contributed by atoms with E-state index in [2.05, 4.69) is 47.2 Å². The van der Waals surface area contributed by atoms with Gasteiger partial charge in [-0.25, -0.2) is 15.5 Å². The highest BCUT2D eigenvalue weighted by molar-refractivity contribution is 6.39. The Labute approximate surface area is 839 Å². The summed E-state index contributed by atoms with van der Waals surface area (Å²) < 4.78 is 59.4. The predicted octanol–water partition coefficient (Wildman–Crippen LogP) is 12.3. The maximum absolute atomic E-state index is 14.5. The van der Waals surface area contributed by atoms with Crippen molar-refractivity contribution in [1.29, 1.82) is 0 Å². The standard InChI is InChI=1S/C54H84N2O13.C51H81NO13.C3H5NO.ClH/c1-12-26-67-55-48-37(6)27-33(2)18-14-13-15-19-34(3)45(64-9)31-41-23-21-39(8)54(63,69-41)51(60)52(61)56-25-17-16-20-42(56)53(62)68-46(36(5)29-40-22-24-43(57)47(30-40)65-10)32-44(58)35(4)28-38(7)49(59)50(48)66-11;1-30-16-12-11-13-17-31(2)42(61-8)28-38-21-19-36(7)51(60,65-38)48(57)49(58)52-23-15-14-18-39(52)50(59)64-43(33(4)26-37-20-22-40(53)44(27-37)62-9)29-41(54)32(3)25-35(6)46(56)47(63-10)45(55)34(5)24-30;1-2-3-5-4;/h1,13-15,18-19,28,33,35-37,39-47,49-50,57-59,63H,16-17,20-27,29-32H2,2-11H3;11-13,16-17,25,30,32-34,36-44,46-47,53-54,56,60H,14-15,18-24,26-29H2,1-10H3;1H,3-4H2;1H/b15-13+,18-14+,34-19+,38-28+,55-48?;13-11+,16-12+,31-17+,35-25+;;/t33-,35-,36-,37-,39-,40+,41+,42+,43-,44-,45+,46+,47-,49-,50+,54-;30-,32-,33-,34-,36-,37+,38+,39+,40-,41-,42+,43+,44-,46-,47+,51-;;/m11../s1. The Morgan fingerprint density at radius 2 is 0.871 bits per heavy atom. The molecule has 32 atom stereocenters. The van der Waals surface area contributed by atoms with Crippen molar-refractivity contribution in [2.24, 2.45) is 82.1 Å². The van der Waals surface area contributed by atoms with E-state index in [1.165, 1.54) is 24.0 Å². The Kier molecular flexibility index (Phi) is 54.2. The van der Waals surface area contributed by atoms with E-state index in [-0.39, 0.29) is 124 Å². The largest absolute Gasteiger partial charge is 0.460 e. The minimum absolute atomic E-state index is 0. The molecule has 31 nitrogen and oxygen atoms in total. The highest BCUT2D eigenvalue weighted by Gasteiger charge is 2.56. The zero-order valence-corrected chi connectivity index (χ0v) is 87.7. The van der Waals surface area contributed by atoms with Gasteiger partial charge in [0.1, 0.15) is 55.3 Å². The first-order valence-corrected chi connectivity index (χ1v) is 50.5. The van der Waals surface area contributed by atoms with Gasteiger partial charge in [0.25, 0.3) is 23.4 Å². The highest BCUT2D eigenvalue weighted by Crippen LogP contribution is 2.42. The molecule has 6 fully saturated rings. The number of carbonyl (C=O) groups excluding carboxylic acids is 7. The molecule has 2 saturated carbocycles. The van der Waals surface area contributed by atoms with Crippen molar-refractivity contribution in [2.75, 3.05) is 69.0 Å². The van der Waals surface area contributed by atoms with Crippen LogP contribution in [0.5, 0.6) is 0 Å². The zero-order valence-electron chi connectivity index (χ0n) is 86.9. The van der Waals surface area contributed by atoms with E-state index < -0.39 is 174 Å². The molecule has 6 heterocycles. The lowest BCUT2D eigenvalue weighted by molar-refractivity contribution is -0.265. The van der Waals surface area contributed by atoms with Gasteiger partial charge in [0.15, 0.2) is 12.4 Å². The number of nitrogens with two attached hydrogens (primary N) is 1. The van der Waals surface area contributed by atoms with Crippen molar-refractivity contribution in [1.82, 2.24) is 9.80 Å². The lowest BCUT2D eigenvalue weighted by atomic mass is 9.78. The van der Waals surface area contributed by atoms with Crippen LogP contribution in [-0.2, 0) is 90.6 Å². The van der Waals surface area contributed by atoms with Gasteiger partial charge < -0.3 is 103 Å². The molecule has 8 rings (SSSR count). The zero-order chi connectivity index (χ0) is 103. The second kappa shape index (κ2) is 61.4. The molecule has 0 aromatic rings. The van der Waals surface area contributed by atoms with Crippen LogP contribution < -0.4 is 5.90 Å². The first kappa shape index (κ1) is 123. The third-order valence-electron chi connectivity index (χ3n) is 29.8. The Bertz CT molecular complexity index is 4250. The average molecular weight is 1990 g/mol. The van der Waals surface area contributed by atoms with E-state index >= 15 is 0 Å². The molecule has 32 heteroatoms. The number of fused-ring (bicyclic) bond motifs is 6. The molecule has 4 bridgehead atoms. The second-order valence-electron chi connectivity index (χ2n) is 40.7. The van der Waals surface area contributed by atoms with Crippen LogP contribution in [0.2, 0.25) is 0 Å². The fraction of sp³-hybridized carbons (Fsp3) is 0.741. The number of halogens is 1. The van der Waals surface area contributed by atoms with E-state index in [9.17, 15) is 74.4 Å². The number of ketones is 3. The maximum Gasteiger partial charge on any atom is 0.329 e. The molecule has 6 aliphatic heterocycles. The Morgan fingerprint density at radius 1 is 0.471 bits per heavy atom. The van der Waals surface area contributed by atoms with Crippen molar-refractivity contribution >= 4 is 59.2 Å². The van der Waals surface area contributed by atoms with Gasteiger partial charge in [0.05, 0.1) is 66.8 Å². The number of rotatable bonds is 15. The summed E-state index contributed by atoms with van der Waals surface area (Å²) >= 11 is 0. The number of aliphatic hydroxyl groups excluding tert-OH is 6. The summed E-state index contributed by atoms with van der Waals surface area (Å²) in [5, 5.41) is 96.4. The van der Waals surface area contributed by atoms with Crippen LogP contribution in [-0.4, -0.2) is 288 Å². The van der Waals surface area contributed by atoms with E-state index in [0.29, 0.717) is 132 Å². The number of ether oxygens (including phenoxy) is 10. The highest BCUT2D eigenvalue weighted by atomic mass is 35.5. The van der Waals surface area contributed by atoms with Crippen molar-refractivity contribution in [3.8, 4) is 24.7 Å². The number of esters is 2. The molecule has 0 aromatic heterocycles. The third kappa shape index (κ3) is 36.0. The molecule has 2 amide bonds. The first-order valence-electron chi connectivity index (χ1n) is 50.5. The Hall–Kier alpha value is -7.03. The van der Waals surface area contributed by atoms with Crippen molar-refractivity contribution < 1.29 is 131 Å². The van der Waals surface area contributed by atoms with Gasteiger partial charge in [0, 0.05) is 117 Å². The number of amides is 2. The summed E-state index contributed by atoms with van der Waals surface area (Å²) in [6.45, 7) is 26.4. The molecule has 0 radical (unpaired) electrons. The predicted molar refractivity (Wildman–Crippen MR) is 536 cm³/mol. The van der Waals surface area contributed by atoms with Crippen LogP contribution in [0.25, 0.3) is 0 Å². The number of nitrogens with zero attached hydrogens (tertiary/aromatic N) is 3. The van der Waals surface area contributed by atoms with Gasteiger partial charge in [0.2, 0.25) is 11.6 Å². The number of carbonyl (C=O) groups is 7. The molecule has 0 spiro atoms. The number of terminal acetylenes is 2. The lowest BCUT2D eigenvalue weighted by Gasteiger charge is -2.43. The summed E-state index contributed by atoms with van der Waals surface area (Å²) in [4.78, 5) is 111. The molecule has 140 heavy (non-hydrogen) atoms. The molecule has 8 aliphatic rings. The number of hydrogen-bond acceptors (Lipinski definition) is 29. The molecular weight excluding hydrogens is 1820 g/mol. The quantitative estimate of drug-likeness (QED) is 0.0184. The Balaban J connectivity index is 0.000000468. The van der Waals surface area contributed by atoms with E-state index in [1.807, 2.05) is 110 Å². The maximum atomic E-state index is 14.5. The molecule has 0 aromatic carbocycles. The number of methoxy groups -OCH3 is 6.